The van der Waals surface area contributed by atoms with Crippen molar-refractivity contribution in [1.82, 2.24) is 0 Å². The summed E-state index contributed by atoms with van der Waals surface area (Å²) in [6.45, 7) is 2.31. The van der Waals surface area contributed by atoms with Crippen LogP contribution in [0.3, 0.4) is 0 Å². The molecule has 0 heterocycles. The van der Waals surface area contributed by atoms with Crippen LogP contribution in [0.4, 0.5) is 0 Å². The van der Waals surface area contributed by atoms with Crippen LogP contribution in [0.15, 0.2) is 0 Å². The van der Waals surface area contributed by atoms with Gasteiger partial charge in [0, 0.05) is 7.11 Å². The van der Waals surface area contributed by atoms with Gasteiger partial charge in [-0.25, -0.2) is 0 Å². The van der Waals surface area contributed by atoms with Crippen LogP contribution >= 0.6 is 0 Å². The second kappa shape index (κ2) is 5.05. The lowest BCUT2D eigenvalue weighted by molar-refractivity contribution is -0.127. The van der Waals surface area contributed by atoms with Gasteiger partial charge in [0.1, 0.15) is 0 Å². The number of methoxy groups -OCH3 is 1. The standard InChI is InChI=1S/C14H26O2/c1-11-6-5-7-12(10-11)13(15)14(16-2)8-3-4-9-14/h11-13,15H,3-10H2,1-2H3. The first-order valence-corrected chi connectivity index (χ1v) is 6.91. The largest absolute Gasteiger partial charge is 0.390 e. The molecule has 3 unspecified atom stereocenters. The van der Waals surface area contributed by atoms with E-state index in [9.17, 15) is 5.11 Å². The summed E-state index contributed by atoms with van der Waals surface area (Å²) in [5, 5.41) is 10.6. The van der Waals surface area contributed by atoms with E-state index in [1.165, 1.54) is 38.5 Å². The molecule has 2 saturated carbocycles. The van der Waals surface area contributed by atoms with Crippen molar-refractivity contribution in [3.63, 3.8) is 0 Å². The summed E-state index contributed by atoms with van der Waals surface area (Å²) in [5.41, 5.74) is -0.207. The van der Waals surface area contributed by atoms with E-state index in [0.717, 1.165) is 18.8 Å². The molecule has 2 fully saturated rings. The van der Waals surface area contributed by atoms with E-state index in [2.05, 4.69) is 6.92 Å². The minimum atomic E-state index is -0.234. The molecule has 2 rings (SSSR count). The van der Waals surface area contributed by atoms with Gasteiger partial charge in [0.15, 0.2) is 0 Å². The van der Waals surface area contributed by atoms with Gasteiger partial charge in [0.05, 0.1) is 11.7 Å². The zero-order valence-electron chi connectivity index (χ0n) is 10.7. The Balaban J connectivity index is 2.01. The average Bonchev–Trinajstić information content (AvgIpc) is 2.78. The lowest BCUT2D eigenvalue weighted by Crippen LogP contribution is -2.47. The number of ether oxygens (including phenoxy) is 1. The first kappa shape index (κ1) is 12.4. The number of aliphatic hydroxyl groups is 1. The topological polar surface area (TPSA) is 29.5 Å². The third-order valence-electron chi connectivity index (χ3n) is 4.82. The van der Waals surface area contributed by atoms with Crippen molar-refractivity contribution in [1.29, 1.82) is 0 Å². The minimum Gasteiger partial charge on any atom is -0.390 e. The van der Waals surface area contributed by atoms with Gasteiger partial charge in [-0.1, -0.05) is 32.6 Å². The Morgan fingerprint density at radius 1 is 1.19 bits per heavy atom. The number of aliphatic hydroxyl groups excluding tert-OH is 1. The Morgan fingerprint density at radius 3 is 2.44 bits per heavy atom. The Kier molecular flexibility index (Phi) is 3.91. The monoisotopic (exact) mass is 226 g/mol. The van der Waals surface area contributed by atoms with Crippen LogP contribution in [0.5, 0.6) is 0 Å². The molecule has 0 bridgehead atoms. The Labute approximate surface area is 99.4 Å². The maximum Gasteiger partial charge on any atom is 0.0939 e. The predicted molar refractivity (Wildman–Crippen MR) is 65.3 cm³/mol. The van der Waals surface area contributed by atoms with E-state index in [0.29, 0.717) is 5.92 Å². The molecule has 94 valence electrons. The van der Waals surface area contributed by atoms with E-state index in [1.54, 1.807) is 7.11 Å². The highest BCUT2D eigenvalue weighted by molar-refractivity contribution is 4.96. The van der Waals surface area contributed by atoms with Gasteiger partial charge in [-0.15, -0.1) is 0 Å². The van der Waals surface area contributed by atoms with Gasteiger partial charge in [-0.3, -0.25) is 0 Å². The zero-order chi connectivity index (χ0) is 11.6. The molecule has 0 aromatic carbocycles. The highest BCUT2D eigenvalue weighted by atomic mass is 16.5. The Bertz CT molecular complexity index is 221. The van der Waals surface area contributed by atoms with Crippen LogP contribution in [0.25, 0.3) is 0 Å². The molecule has 0 aromatic heterocycles. The van der Waals surface area contributed by atoms with Gasteiger partial charge in [0.2, 0.25) is 0 Å². The van der Waals surface area contributed by atoms with Gasteiger partial charge >= 0.3 is 0 Å². The first-order chi connectivity index (χ1) is 7.68. The fraction of sp³-hybridized carbons (Fsp3) is 1.00. The maximum absolute atomic E-state index is 10.6. The second-order valence-electron chi connectivity index (χ2n) is 5.95. The fourth-order valence-electron chi connectivity index (χ4n) is 3.79. The van der Waals surface area contributed by atoms with Crippen molar-refractivity contribution in [2.75, 3.05) is 7.11 Å². The third kappa shape index (κ3) is 2.28. The molecule has 2 aliphatic rings. The average molecular weight is 226 g/mol. The number of rotatable bonds is 3. The number of hydrogen-bond acceptors (Lipinski definition) is 2. The Morgan fingerprint density at radius 2 is 1.88 bits per heavy atom. The molecular weight excluding hydrogens is 200 g/mol. The molecule has 0 radical (unpaired) electrons. The van der Waals surface area contributed by atoms with Crippen molar-refractivity contribution in [2.24, 2.45) is 11.8 Å². The van der Waals surface area contributed by atoms with E-state index >= 15 is 0 Å². The highest BCUT2D eigenvalue weighted by Gasteiger charge is 2.44. The van der Waals surface area contributed by atoms with Crippen LogP contribution in [0.1, 0.15) is 58.3 Å². The predicted octanol–water partition coefficient (Wildman–Crippen LogP) is 3.13. The summed E-state index contributed by atoms with van der Waals surface area (Å²) in [5.74, 6) is 1.26. The van der Waals surface area contributed by atoms with Crippen LogP contribution in [-0.2, 0) is 4.74 Å². The molecule has 2 heteroatoms. The van der Waals surface area contributed by atoms with Gasteiger partial charge < -0.3 is 9.84 Å². The van der Waals surface area contributed by atoms with E-state index in [4.69, 9.17) is 4.74 Å². The smallest absolute Gasteiger partial charge is 0.0939 e. The van der Waals surface area contributed by atoms with Crippen LogP contribution < -0.4 is 0 Å². The summed E-state index contributed by atoms with van der Waals surface area (Å²) in [6, 6.07) is 0. The van der Waals surface area contributed by atoms with E-state index in [-0.39, 0.29) is 11.7 Å². The summed E-state index contributed by atoms with van der Waals surface area (Å²) < 4.78 is 5.70. The van der Waals surface area contributed by atoms with Crippen molar-refractivity contribution in [2.45, 2.75) is 70.0 Å². The molecule has 16 heavy (non-hydrogen) atoms. The van der Waals surface area contributed by atoms with Crippen LogP contribution in [0.2, 0.25) is 0 Å². The normalized spacial score (nSPS) is 36.2. The lowest BCUT2D eigenvalue weighted by Gasteiger charge is -2.40. The summed E-state index contributed by atoms with van der Waals surface area (Å²) >= 11 is 0. The molecule has 1 N–H and O–H groups in total. The van der Waals surface area contributed by atoms with Crippen molar-refractivity contribution >= 4 is 0 Å². The zero-order valence-corrected chi connectivity index (χ0v) is 10.7. The quantitative estimate of drug-likeness (QED) is 0.801. The van der Waals surface area contributed by atoms with Crippen LogP contribution in [0, 0.1) is 11.8 Å². The van der Waals surface area contributed by atoms with Crippen molar-refractivity contribution in [3.8, 4) is 0 Å². The van der Waals surface area contributed by atoms with Gasteiger partial charge in [-0.05, 0) is 37.5 Å². The number of hydrogen-bond donors (Lipinski definition) is 1. The molecule has 0 spiro atoms. The maximum atomic E-state index is 10.6. The molecule has 0 saturated heterocycles. The summed E-state index contributed by atoms with van der Waals surface area (Å²) in [4.78, 5) is 0. The minimum absolute atomic E-state index is 0.207. The lowest BCUT2D eigenvalue weighted by atomic mass is 9.74. The molecule has 3 atom stereocenters. The highest BCUT2D eigenvalue weighted by Crippen LogP contribution is 2.42. The first-order valence-electron chi connectivity index (χ1n) is 6.91. The third-order valence-corrected chi connectivity index (χ3v) is 4.82. The Hall–Kier alpha value is -0.0800. The summed E-state index contributed by atoms with van der Waals surface area (Å²) in [7, 11) is 1.78. The molecule has 2 aliphatic carbocycles. The molecule has 0 amide bonds. The van der Waals surface area contributed by atoms with E-state index in [1.807, 2.05) is 0 Å². The van der Waals surface area contributed by atoms with E-state index < -0.39 is 0 Å². The molecule has 0 aromatic rings. The molecular formula is C14H26O2. The van der Waals surface area contributed by atoms with Gasteiger partial charge in [-0.2, -0.15) is 0 Å². The van der Waals surface area contributed by atoms with Gasteiger partial charge in [0.25, 0.3) is 0 Å². The van der Waals surface area contributed by atoms with Crippen molar-refractivity contribution in [3.05, 3.63) is 0 Å². The molecule has 2 nitrogen and oxygen atoms in total. The van der Waals surface area contributed by atoms with Crippen LogP contribution in [-0.4, -0.2) is 23.9 Å². The summed E-state index contributed by atoms with van der Waals surface area (Å²) in [6.07, 6.45) is 9.29. The second-order valence-corrected chi connectivity index (χ2v) is 5.95. The SMILES string of the molecule is COC1(C(O)C2CCCC(C)C2)CCCC1. The fourth-order valence-corrected chi connectivity index (χ4v) is 3.79. The van der Waals surface area contributed by atoms with Crippen molar-refractivity contribution < 1.29 is 9.84 Å². The molecule has 0 aliphatic heterocycles.